The van der Waals surface area contributed by atoms with Gasteiger partial charge in [-0.1, -0.05) is 30.3 Å². The summed E-state index contributed by atoms with van der Waals surface area (Å²) in [4.78, 5) is 0. The van der Waals surface area contributed by atoms with Crippen molar-refractivity contribution in [1.29, 1.82) is 0 Å². The molecule has 2 aromatic carbocycles. The Labute approximate surface area is 185 Å². The highest BCUT2D eigenvalue weighted by Gasteiger charge is 2.43. The van der Waals surface area contributed by atoms with E-state index in [2.05, 4.69) is 10.0 Å². The third-order valence-electron chi connectivity index (χ3n) is 6.11. The number of nitrogens with one attached hydrogen (secondary N) is 2. The Hall–Kier alpha value is -2.14. The van der Waals surface area contributed by atoms with Gasteiger partial charge in [0.05, 0.1) is 23.8 Å². The molecular weight excluding hydrogens is 443 g/mol. The molecule has 2 aliphatic rings. The Balaban J connectivity index is 1.65. The number of alkyl halides is 3. The first-order valence-corrected chi connectivity index (χ1v) is 11.9. The van der Waals surface area contributed by atoms with Crippen LogP contribution in [0, 0.1) is 5.92 Å². The van der Waals surface area contributed by atoms with Crippen LogP contribution in [0.5, 0.6) is 0 Å². The number of hydrogen-bond acceptors (Lipinski definition) is 4. The van der Waals surface area contributed by atoms with Gasteiger partial charge in [-0.05, 0) is 36.6 Å². The van der Waals surface area contributed by atoms with Crippen molar-refractivity contribution in [3.05, 3.63) is 65.2 Å². The van der Waals surface area contributed by atoms with Crippen LogP contribution >= 0.6 is 0 Å². The van der Waals surface area contributed by atoms with Crippen LogP contribution in [0.25, 0.3) is 0 Å². The third-order valence-corrected chi connectivity index (χ3v) is 7.60. The minimum absolute atomic E-state index is 0.0570. The van der Waals surface area contributed by atoms with Crippen molar-refractivity contribution >= 4 is 15.9 Å². The van der Waals surface area contributed by atoms with Gasteiger partial charge in [0.25, 0.3) is 10.2 Å². The minimum atomic E-state index is -4.46. The predicted molar refractivity (Wildman–Crippen MR) is 115 cm³/mol. The van der Waals surface area contributed by atoms with Crippen molar-refractivity contribution in [1.82, 2.24) is 9.03 Å². The molecule has 0 spiro atoms. The highest BCUT2D eigenvalue weighted by atomic mass is 32.2. The van der Waals surface area contributed by atoms with E-state index in [0.29, 0.717) is 24.1 Å². The number of fused-ring (bicyclic) bond motifs is 3. The van der Waals surface area contributed by atoms with Crippen molar-refractivity contribution in [2.45, 2.75) is 37.3 Å². The van der Waals surface area contributed by atoms with Crippen LogP contribution in [-0.2, 0) is 21.1 Å². The Morgan fingerprint density at radius 2 is 1.84 bits per heavy atom. The number of hydrogen-bond donors (Lipinski definition) is 2. The second-order valence-electron chi connectivity index (χ2n) is 8.39. The van der Waals surface area contributed by atoms with Crippen LogP contribution in [0.4, 0.5) is 18.9 Å². The first-order chi connectivity index (χ1) is 15.1. The van der Waals surface area contributed by atoms with Gasteiger partial charge in [0.2, 0.25) is 0 Å². The molecule has 32 heavy (non-hydrogen) atoms. The predicted octanol–water partition coefficient (Wildman–Crippen LogP) is 4.10. The maximum atomic E-state index is 13.4. The number of rotatable bonds is 5. The summed E-state index contributed by atoms with van der Waals surface area (Å²) in [5.41, 5.74) is 1.36. The lowest BCUT2D eigenvalue weighted by Gasteiger charge is -2.46. The fraction of sp³-hybridized carbons (Fsp3) is 0.455. The van der Waals surface area contributed by atoms with Crippen molar-refractivity contribution in [3.8, 4) is 0 Å². The van der Waals surface area contributed by atoms with Crippen LogP contribution in [0.15, 0.2) is 48.5 Å². The van der Waals surface area contributed by atoms with E-state index in [1.54, 1.807) is 0 Å². The maximum absolute atomic E-state index is 13.4. The van der Waals surface area contributed by atoms with Crippen molar-refractivity contribution in [2.75, 3.05) is 26.0 Å². The summed E-state index contributed by atoms with van der Waals surface area (Å²) in [5.74, 6) is -0.0879. The molecule has 0 aromatic heterocycles. The molecule has 4 atom stereocenters. The average molecular weight is 470 g/mol. The molecule has 2 N–H and O–H groups in total. The van der Waals surface area contributed by atoms with Crippen LogP contribution in [-0.4, -0.2) is 39.5 Å². The number of nitrogens with zero attached hydrogens (tertiary/aromatic N) is 1. The van der Waals surface area contributed by atoms with E-state index < -0.39 is 34.2 Å². The van der Waals surface area contributed by atoms with E-state index in [0.717, 1.165) is 22.0 Å². The summed E-state index contributed by atoms with van der Waals surface area (Å²) in [6, 6.07) is 13.3. The molecule has 1 fully saturated rings. The van der Waals surface area contributed by atoms with Crippen LogP contribution in [0.1, 0.15) is 41.7 Å². The molecule has 174 valence electrons. The fourth-order valence-corrected chi connectivity index (χ4v) is 5.06. The summed E-state index contributed by atoms with van der Waals surface area (Å²) >= 11 is 0. The topological polar surface area (TPSA) is 70.7 Å². The van der Waals surface area contributed by atoms with Crippen LogP contribution in [0.2, 0.25) is 0 Å². The van der Waals surface area contributed by atoms with Crippen LogP contribution < -0.4 is 10.0 Å². The van der Waals surface area contributed by atoms with E-state index >= 15 is 0 Å². The van der Waals surface area contributed by atoms with Gasteiger partial charge in [0, 0.05) is 37.8 Å². The third kappa shape index (κ3) is 4.63. The van der Waals surface area contributed by atoms with Gasteiger partial charge >= 0.3 is 6.18 Å². The van der Waals surface area contributed by atoms with Gasteiger partial charge in [-0.25, -0.2) is 0 Å². The van der Waals surface area contributed by atoms with Crippen LogP contribution in [0.3, 0.4) is 0 Å². The van der Waals surface area contributed by atoms with E-state index in [4.69, 9.17) is 4.74 Å². The molecule has 2 aliphatic heterocycles. The number of anilines is 1. The lowest BCUT2D eigenvalue weighted by molar-refractivity contribution is -0.138. The Bertz CT molecular complexity index is 1060. The molecule has 0 saturated carbocycles. The second-order valence-corrected chi connectivity index (χ2v) is 10.4. The molecule has 0 bridgehead atoms. The van der Waals surface area contributed by atoms with E-state index in [-0.39, 0.29) is 18.5 Å². The normalized spacial score (nSPS) is 25.7. The fourth-order valence-electron chi connectivity index (χ4n) is 4.40. The smallest absolute Gasteiger partial charge is 0.378 e. The standard InChI is InChI=1S/C22H26F3N3O3S/c1-28(2)32(29,30)26-13-16-9-10-17-20(14-6-4-3-5-7-14)27-19-11-8-15(22(23,24)25)12-18(19)21(17)31-16/h3-8,11-12,16-17,20-21,26-27H,9-10,13H2,1-2H3/t16-,17+,20+,21+/m1/s1. The first kappa shape index (κ1) is 23.0. The van der Waals surface area contributed by atoms with Gasteiger partial charge in [-0.15, -0.1) is 0 Å². The largest absolute Gasteiger partial charge is 0.416 e. The molecule has 0 amide bonds. The molecule has 0 unspecified atom stereocenters. The number of ether oxygens (including phenoxy) is 1. The molecule has 2 aromatic rings. The molecular formula is C22H26F3N3O3S. The zero-order chi connectivity index (χ0) is 23.1. The summed E-state index contributed by atoms with van der Waals surface area (Å²) < 4.78 is 74.1. The zero-order valence-electron chi connectivity index (χ0n) is 17.8. The van der Waals surface area contributed by atoms with Gasteiger partial charge < -0.3 is 10.1 Å². The Kier molecular flexibility index (Phi) is 6.23. The molecule has 2 heterocycles. The van der Waals surface area contributed by atoms with E-state index in [9.17, 15) is 21.6 Å². The summed E-state index contributed by atoms with van der Waals surface area (Å²) in [6.45, 7) is 0.0570. The molecule has 1 saturated heterocycles. The van der Waals surface area contributed by atoms with Crippen molar-refractivity contribution in [3.63, 3.8) is 0 Å². The highest BCUT2D eigenvalue weighted by molar-refractivity contribution is 7.87. The number of benzene rings is 2. The first-order valence-electron chi connectivity index (χ1n) is 10.4. The lowest BCUT2D eigenvalue weighted by atomic mass is 9.76. The number of halogens is 3. The van der Waals surface area contributed by atoms with Crippen molar-refractivity contribution < 1.29 is 26.3 Å². The molecule has 0 radical (unpaired) electrons. The average Bonchev–Trinajstić information content (AvgIpc) is 2.76. The Morgan fingerprint density at radius 1 is 1.12 bits per heavy atom. The van der Waals surface area contributed by atoms with E-state index in [1.165, 1.54) is 20.2 Å². The van der Waals surface area contributed by atoms with Gasteiger partial charge in [0.15, 0.2) is 0 Å². The maximum Gasteiger partial charge on any atom is 0.416 e. The quantitative estimate of drug-likeness (QED) is 0.692. The summed E-state index contributed by atoms with van der Waals surface area (Å²) in [5, 5.41) is 3.41. The van der Waals surface area contributed by atoms with Crippen molar-refractivity contribution in [2.24, 2.45) is 5.92 Å². The second kappa shape index (κ2) is 8.66. The lowest BCUT2D eigenvalue weighted by Crippen LogP contribution is -2.45. The zero-order valence-corrected chi connectivity index (χ0v) is 18.6. The van der Waals surface area contributed by atoms with E-state index in [1.807, 2.05) is 30.3 Å². The monoisotopic (exact) mass is 469 g/mol. The summed E-state index contributed by atoms with van der Waals surface area (Å²) in [6.07, 6.45) is -4.21. The molecule has 4 rings (SSSR count). The van der Waals surface area contributed by atoms with Gasteiger partial charge in [-0.2, -0.15) is 30.6 Å². The molecule has 0 aliphatic carbocycles. The Morgan fingerprint density at radius 3 is 2.50 bits per heavy atom. The van der Waals surface area contributed by atoms with Gasteiger partial charge in [-0.3, -0.25) is 0 Å². The SMILES string of the molecule is CN(C)S(=O)(=O)NC[C@H]1CC[C@@H]2[C@H](O1)c1cc(C(F)(F)F)ccc1N[C@H]2c1ccccc1. The minimum Gasteiger partial charge on any atom is -0.378 e. The molecule has 6 nitrogen and oxygen atoms in total. The highest BCUT2D eigenvalue weighted by Crippen LogP contribution is 2.51. The van der Waals surface area contributed by atoms with Gasteiger partial charge in [0.1, 0.15) is 0 Å². The summed E-state index contributed by atoms with van der Waals surface area (Å²) in [7, 11) is -0.779. The molecule has 10 heteroatoms.